The van der Waals surface area contributed by atoms with Crippen LogP contribution in [0.4, 0.5) is 5.00 Å². The van der Waals surface area contributed by atoms with Gasteiger partial charge in [0.15, 0.2) is 0 Å². The summed E-state index contributed by atoms with van der Waals surface area (Å²) in [5, 5.41) is 6.92. The molecule has 4 rings (SSSR count). The van der Waals surface area contributed by atoms with E-state index in [1.165, 1.54) is 24.2 Å². The van der Waals surface area contributed by atoms with Crippen molar-refractivity contribution in [2.75, 3.05) is 18.4 Å². The Morgan fingerprint density at radius 1 is 1.12 bits per heavy atom. The van der Waals surface area contributed by atoms with Crippen LogP contribution in [0.15, 0.2) is 6.07 Å². The average Bonchev–Trinajstić information content (AvgIpc) is 3.46. The average molecular weight is 347 g/mol. The van der Waals surface area contributed by atoms with Gasteiger partial charge in [-0.25, -0.2) is 0 Å². The van der Waals surface area contributed by atoms with Gasteiger partial charge < -0.3 is 15.5 Å². The maximum atomic E-state index is 12.6. The van der Waals surface area contributed by atoms with Gasteiger partial charge in [-0.15, -0.1) is 11.3 Å². The number of hydrogen-bond acceptors (Lipinski definition) is 4. The first kappa shape index (κ1) is 16.1. The number of aryl methyl sites for hydroxylation is 1. The maximum Gasteiger partial charge on any atom is 0.261 e. The number of nitrogens with zero attached hydrogens (tertiary/aromatic N) is 1. The fraction of sp³-hybridized carbons (Fsp3) is 0.667. The number of nitrogens with one attached hydrogen (secondary N) is 2. The lowest BCUT2D eigenvalue weighted by molar-refractivity contribution is -0.117. The van der Waals surface area contributed by atoms with E-state index in [4.69, 9.17) is 0 Å². The Kier molecular flexibility index (Phi) is 4.35. The summed E-state index contributed by atoms with van der Waals surface area (Å²) in [6.45, 7) is 4.14. The van der Waals surface area contributed by atoms with Crippen molar-refractivity contribution >= 4 is 28.2 Å². The molecule has 2 aliphatic carbocycles. The van der Waals surface area contributed by atoms with Crippen molar-refractivity contribution in [2.24, 2.45) is 5.92 Å². The smallest absolute Gasteiger partial charge is 0.261 e. The minimum atomic E-state index is 0.00860. The number of carbonyl (C=O) groups is 2. The second kappa shape index (κ2) is 6.48. The zero-order valence-electron chi connectivity index (χ0n) is 14.1. The monoisotopic (exact) mass is 347 g/mol. The number of carbonyl (C=O) groups excluding carboxylic acids is 2. The maximum absolute atomic E-state index is 12.6. The highest BCUT2D eigenvalue weighted by atomic mass is 32.1. The quantitative estimate of drug-likeness (QED) is 0.861. The molecule has 130 valence electrons. The van der Waals surface area contributed by atoms with Gasteiger partial charge >= 0.3 is 0 Å². The molecule has 1 aromatic heterocycles. The largest absolute Gasteiger partial charge is 0.349 e. The zero-order chi connectivity index (χ0) is 16.7. The Morgan fingerprint density at radius 3 is 2.46 bits per heavy atom. The second-order valence-electron chi connectivity index (χ2n) is 7.40. The molecule has 1 saturated heterocycles. The number of amides is 2. The zero-order valence-corrected chi connectivity index (χ0v) is 15.0. The fourth-order valence-electron chi connectivity index (χ4n) is 3.44. The van der Waals surface area contributed by atoms with E-state index in [2.05, 4.69) is 15.5 Å². The molecule has 1 aliphatic heterocycles. The first-order valence-electron chi connectivity index (χ1n) is 9.06. The van der Waals surface area contributed by atoms with E-state index >= 15 is 0 Å². The lowest BCUT2D eigenvalue weighted by Crippen LogP contribution is -2.45. The van der Waals surface area contributed by atoms with Crippen molar-refractivity contribution in [1.29, 1.82) is 0 Å². The third kappa shape index (κ3) is 3.64. The highest BCUT2D eigenvalue weighted by Gasteiger charge is 2.33. The number of piperidine rings is 1. The van der Waals surface area contributed by atoms with Crippen LogP contribution in [0.2, 0.25) is 0 Å². The highest BCUT2D eigenvalue weighted by molar-refractivity contribution is 7.18. The van der Waals surface area contributed by atoms with Gasteiger partial charge in [0.25, 0.3) is 5.91 Å². The first-order chi connectivity index (χ1) is 11.6. The molecule has 3 aliphatic rings. The van der Waals surface area contributed by atoms with Crippen LogP contribution in [0, 0.1) is 12.8 Å². The van der Waals surface area contributed by atoms with Crippen LogP contribution < -0.4 is 10.6 Å². The predicted octanol–water partition coefficient (Wildman–Crippen LogP) is 2.76. The third-order valence-corrected chi connectivity index (χ3v) is 6.40. The SMILES string of the molecule is Cc1cc(NC(=O)C2CC2)sc1C(=O)NC1CCN(C2CC2)CC1. The standard InChI is InChI=1S/C18H25N3O2S/c1-11-10-15(20-17(22)12-2-3-12)24-16(11)18(23)19-13-6-8-21(9-7-13)14-4-5-14/h10,12-14H,2-9H2,1H3,(H,19,23)(H,20,22). The Balaban J connectivity index is 1.32. The van der Waals surface area contributed by atoms with E-state index in [-0.39, 0.29) is 23.8 Å². The van der Waals surface area contributed by atoms with Crippen LogP contribution in [0.1, 0.15) is 53.8 Å². The van der Waals surface area contributed by atoms with E-state index in [1.807, 2.05) is 13.0 Å². The molecule has 1 aromatic rings. The van der Waals surface area contributed by atoms with Crippen LogP contribution in [0.5, 0.6) is 0 Å². The molecule has 0 unspecified atom stereocenters. The summed E-state index contributed by atoms with van der Waals surface area (Å²) >= 11 is 1.39. The lowest BCUT2D eigenvalue weighted by atomic mass is 10.0. The summed E-state index contributed by atoms with van der Waals surface area (Å²) in [5.74, 6) is 0.284. The van der Waals surface area contributed by atoms with Crippen molar-refractivity contribution in [3.63, 3.8) is 0 Å². The van der Waals surface area contributed by atoms with E-state index in [0.29, 0.717) is 0 Å². The summed E-state index contributed by atoms with van der Waals surface area (Å²) in [6.07, 6.45) is 6.75. The third-order valence-electron chi connectivity index (χ3n) is 5.25. The Hall–Kier alpha value is -1.40. The topological polar surface area (TPSA) is 61.4 Å². The summed E-state index contributed by atoms with van der Waals surface area (Å²) in [5.41, 5.74) is 0.944. The summed E-state index contributed by atoms with van der Waals surface area (Å²) < 4.78 is 0. The van der Waals surface area contributed by atoms with Gasteiger partial charge in [-0.1, -0.05) is 0 Å². The summed E-state index contributed by atoms with van der Waals surface area (Å²) in [7, 11) is 0. The van der Waals surface area contributed by atoms with Crippen LogP contribution in [-0.4, -0.2) is 41.9 Å². The molecule has 0 radical (unpaired) electrons. The second-order valence-corrected chi connectivity index (χ2v) is 8.45. The van der Waals surface area contributed by atoms with Gasteiger partial charge in [0.1, 0.15) is 0 Å². The van der Waals surface area contributed by atoms with E-state index < -0.39 is 0 Å². The number of rotatable bonds is 5. The highest BCUT2D eigenvalue weighted by Crippen LogP contribution is 2.33. The number of thiophene rings is 1. The molecule has 2 amide bonds. The molecule has 5 nitrogen and oxygen atoms in total. The van der Waals surface area contributed by atoms with Crippen molar-refractivity contribution in [3.05, 3.63) is 16.5 Å². The van der Waals surface area contributed by atoms with Gasteiger partial charge in [-0.3, -0.25) is 9.59 Å². The van der Waals surface area contributed by atoms with Crippen molar-refractivity contribution in [3.8, 4) is 0 Å². The number of anilines is 1. The fourth-order valence-corrected chi connectivity index (χ4v) is 4.42. The Bertz CT molecular complexity index is 641. The van der Waals surface area contributed by atoms with Crippen LogP contribution in [0.3, 0.4) is 0 Å². The van der Waals surface area contributed by atoms with E-state index in [1.54, 1.807) is 0 Å². The first-order valence-corrected chi connectivity index (χ1v) is 9.88. The normalized spacial score (nSPS) is 22.4. The van der Waals surface area contributed by atoms with Crippen LogP contribution in [-0.2, 0) is 4.79 Å². The molecular formula is C18H25N3O2S. The van der Waals surface area contributed by atoms with Gasteiger partial charge in [-0.2, -0.15) is 0 Å². The van der Waals surface area contributed by atoms with Gasteiger partial charge in [0.05, 0.1) is 9.88 Å². The summed E-state index contributed by atoms with van der Waals surface area (Å²) in [6, 6.07) is 3.01. The molecule has 0 atom stereocenters. The molecular weight excluding hydrogens is 322 g/mol. The van der Waals surface area contributed by atoms with Crippen LogP contribution >= 0.6 is 11.3 Å². The molecule has 3 fully saturated rings. The van der Waals surface area contributed by atoms with Gasteiger partial charge in [0, 0.05) is 31.1 Å². The number of likely N-dealkylation sites (tertiary alicyclic amines) is 1. The Labute approximate surface area is 146 Å². The molecule has 0 spiro atoms. The minimum Gasteiger partial charge on any atom is -0.349 e. The van der Waals surface area contributed by atoms with Crippen molar-refractivity contribution < 1.29 is 9.59 Å². The predicted molar refractivity (Wildman–Crippen MR) is 95.5 cm³/mol. The summed E-state index contributed by atoms with van der Waals surface area (Å²) in [4.78, 5) is 27.7. The molecule has 24 heavy (non-hydrogen) atoms. The molecule has 0 bridgehead atoms. The lowest BCUT2D eigenvalue weighted by Gasteiger charge is -2.32. The molecule has 6 heteroatoms. The Morgan fingerprint density at radius 2 is 1.83 bits per heavy atom. The molecule has 2 heterocycles. The van der Waals surface area contributed by atoms with Crippen molar-refractivity contribution in [1.82, 2.24) is 10.2 Å². The molecule has 2 saturated carbocycles. The molecule has 0 aromatic carbocycles. The minimum absolute atomic E-state index is 0.00860. The van der Waals surface area contributed by atoms with E-state index in [0.717, 1.165) is 60.3 Å². The molecule has 2 N–H and O–H groups in total. The van der Waals surface area contributed by atoms with Gasteiger partial charge in [-0.05, 0) is 57.1 Å². The van der Waals surface area contributed by atoms with Crippen molar-refractivity contribution in [2.45, 2.75) is 57.5 Å². The number of hydrogen-bond donors (Lipinski definition) is 2. The van der Waals surface area contributed by atoms with Crippen LogP contribution in [0.25, 0.3) is 0 Å². The van der Waals surface area contributed by atoms with E-state index in [9.17, 15) is 9.59 Å². The van der Waals surface area contributed by atoms with Gasteiger partial charge in [0.2, 0.25) is 5.91 Å².